The molecule has 0 radical (unpaired) electrons. The second-order valence-electron chi connectivity index (χ2n) is 5.96. The lowest BCUT2D eigenvalue weighted by Crippen LogP contribution is -2.30. The fourth-order valence-electron chi connectivity index (χ4n) is 3.14. The number of aryl methyl sites for hydroxylation is 2. The Morgan fingerprint density at radius 3 is 2.46 bits per heavy atom. The third kappa shape index (κ3) is 3.08. The van der Waals surface area contributed by atoms with Gasteiger partial charge in [-0.25, -0.2) is 4.98 Å². The van der Waals surface area contributed by atoms with E-state index < -0.39 is 11.9 Å². The number of aromatic nitrogens is 1. The molecule has 0 aliphatic carbocycles. The summed E-state index contributed by atoms with van der Waals surface area (Å²) < 4.78 is 6.31. The van der Waals surface area contributed by atoms with E-state index in [2.05, 4.69) is 20.9 Å². The van der Waals surface area contributed by atoms with Crippen LogP contribution in [0.4, 0.5) is 0 Å². The number of hydrogen-bond donors (Lipinski definition) is 1. The molecule has 1 amide bonds. The molecule has 0 bridgehead atoms. The number of hydrogen-bond acceptors (Lipinski definition) is 4. The van der Waals surface area contributed by atoms with Crippen molar-refractivity contribution in [2.45, 2.75) is 19.8 Å². The lowest BCUT2D eigenvalue weighted by molar-refractivity contribution is -0.141. The van der Waals surface area contributed by atoms with Gasteiger partial charge >= 0.3 is 5.97 Å². The smallest absolute Gasteiger partial charge is 0.308 e. The highest BCUT2D eigenvalue weighted by Gasteiger charge is 2.41. The maximum atomic E-state index is 12.7. The van der Waals surface area contributed by atoms with Gasteiger partial charge in [0.1, 0.15) is 0 Å². The van der Waals surface area contributed by atoms with E-state index in [1.165, 1.54) is 0 Å². The third-order valence-electron chi connectivity index (χ3n) is 4.32. The molecule has 2 aromatic rings. The molecule has 1 aromatic carbocycles. The number of carboxylic acids is 1. The molecule has 2 heterocycles. The summed E-state index contributed by atoms with van der Waals surface area (Å²) in [6.45, 7) is 3.89. The Labute approximate surface area is 147 Å². The summed E-state index contributed by atoms with van der Waals surface area (Å²) in [5.74, 6) is -1.48. The van der Waals surface area contributed by atoms with Crippen LogP contribution in [0, 0.1) is 19.8 Å². The fourth-order valence-corrected chi connectivity index (χ4v) is 3.41. The number of carbonyl (C=O) groups excluding carboxylic acids is 1. The number of likely N-dealkylation sites (tertiary alicyclic amines) is 1. The van der Waals surface area contributed by atoms with Gasteiger partial charge in [-0.1, -0.05) is 28.1 Å². The van der Waals surface area contributed by atoms with E-state index in [9.17, 15) is 14.7 Å². The zero-order valence-electron chi connectivity index (χ0n) is 13.3. The highest BCUT2D eigenvalue weighted by molar-refractivity contribution is 9.10. The summed E-state index contributed by atoms with van der Waals surface area (Å²) >= 11 is 3.37. The van der Waals surface area contributed by atoms with Gasteiger partial charge in [0.05, 0.1) is 11.6 Å². The van der Waals surface area contributed by atoms with Gasteiger partial charge in [-0.2, -0.15) is 0 Å². The van der Waals surface area contributed by atoms with E-state index in [-0.39, 0.29) is 24.1 Å². The molecule has 0 spiro atoms. The van der Waals surface area contributed by atoms with E-state index >= 15 is 0 Å². The number of carbonyl (C=O) groups is 2. The Morgan fingerprint density at radius 1 is 1.25 bits per heavy atom. The summed E-state index contributed by atoms with van der Waals surface area (Å²) in [7, 11) is 0. The Balaban J connectivity index is 1.87. The molecule has 1 aromatic heterocycles. The van der Waals surface area contributed by atoms with E-state index in [0.29, 0.717) is 18.1 Å². The number of aliphatic carboxylic acids is 1. The average Bonchev–Trinajstić information content (AvgIpc) is 3.11. The van der Waals surface area contributed by atoms with Crippen molar-refractivity contribution in [1.29, 1.82) is 0 Å². The van der Waals surface area contributed by atoms with Crippen molar-refractivity contribution in [2.24, 2.45) is 5.92 Å². The van der Waals surface area contributed by atoms with Crippen LogP contribution in [0.1, 0.15) is 33.6 Å². The lowest BCUT2D eigenvalue weighted by atomic mass is 9.89. The van der Waals surface area contributed by atoms with Crippen LogP contribution in [0.3, 0.4) is 0 Å². The molecule has 1 aliphatic heterocycles. The van der Waals surface area contributed by atoms with Gasteiger partial charge in [0.15, 0.2) is 5.89 Å². The molecule has 1 saturated heterocycles. The molecule has 1 aliphatic rings. The van der Waals surface area contributed by atoms with E-state index in [1.807, 2.05) is 24.3 Å². The lowest BCUT2D eigenvalue weighted by Gasteiger charge is -2.15. The van der Waals surface area contributed by atoms with Gasteiger partial charge < -0.3 is 14.4 Å². The Kier molecular flexibility index (Phi) is 4.45. The van der Waals surface area contributed by atoms with Crippen molar-refractivity contribution in [1.82, 2.24) is 9.88 Å². The van der Waals surface area contributed by atoms with Crippen molar-refractivity contribution in [3.8, 4) is 0 Å². The first-order chi connectivity index (χ1) is 11.4. The maximum absolute atomic E-state index is 12.7. The molecule has 2 atom stereocenters. The standard InChI is InChI=1S/C17H17BrN2O4/c1-9-15(24-10(2)19-9)16(21)20-7-13(14(8-20)17(22)23)11-3-5-12(18)6-4-11/h3-6,13-14H,7-8H2,1-2H3,(H,22,23)/t13-,14+/m1/s1. The Bertz CT molecular complexity index is 784. The minimum atomic E-state index is -0.899. The first kappa shape index (κ1) is 16.7. The van der Waals surface area contributed by atoms with E-state index in [1.54, 1.807) is 18.7 Å². The molecular formula is C17H17BrN2O4. The monoisotopic (exact) mass is 392 g/mol. The molecule has 6 nitrogen and oxygen atoms in total. The zero-order valence-corrected chi connectivity index (χ0v) is 14.9. The second-order valence-corrected chi connectivity index (χ2v) is 6.88. The average molecular weight is 393 g/mol. The number of rotatable bonds is 3. The van der Waals surface area contributed by atoms with Crippen molar-refractivity contribution >= 4 is 27.8 Å². The van der Waals surface area contributed by atoms with Crippen LogP contribution in [0.15, 0.2) is 33.2 Å². The molecular weight excluding hydrogens is 376 g/mol. The number of carboxylic acid groups (broad SMARTS) is 1. The summed E-state index contributed by atoms with van der Waals surface area (Å²) in [6.07, 6.45) is 0. The largest absolute Gasteiger partial charge is 0.481 e. The molecule has 1 fully saturated rings. The quantitative estimate of drug-likeness (QED) is 0.867. The minimum absolute atomic E-state index is 0.161. The van der Waals surface area contributed by atoms with Crippen molar-refractivity contribution in [3.05, 3.63) is 51.6 Å². The molecule has 7 heteroatoms. The highest BCUT2D eigenvalue weighted by atomic mass is 79.9. The van der Waals surface area contributed by atoms with Gasteiger partial charge in [0.25, 0.3) is 5.91 Å². The molecule has 126 valence electrons. The number of oxazole rings is 1. The van der Waals surface area contributed by atoms with E-state index in [4.69, 9.17) is 4.42 Å². The summed E-state index contributed by atoms with van der Waals surface area (Å²) in [5, 5.41) is 9.55. The summed E-state index contributed by atoms with van der Waals surface area (Å²) in [5.41, 5.74) is 1.43. The SMILES string of the molecule is Cc1nc(C)c(C(=O)N2C[C@H](C(=O)O)[C@@H](c3ccc(Br)cc3)C2)o1. The normalized spacial score (nSPS) is 20.4. The van der Waals surface area contributed by atoms with Crippen LogP contribution in [0.25, 0.3) is 0 Å². The number of benzene rings is 1. The topological polar surface area (TPSA) is 83.6 Å². The fraction of sp³-hybridized carbons (Fsp3) is 0.353. The van der Waals surface area contributed by atoms with Crippen molar-refractivity contribution in [3.63, 3.8) is 0 Å². The third-order valence-corrected chi connectivity index (χ3v) is 4.85. The van der Waals surface area contributed by atoms with Crippen LogP contribution < -0.4 is 0 Å². The minimum Gasteiger partial charge on any atom is -0.481 e. The van der Waals surface area contributed by atoms with Crippen molar-refractivity contribution in [2.75, 3.05) is 13.1 Å². The van der Waals surface area contributed by atoms with Gasteiger partial charge in [0.2, 0.25) is 5.76 Å². The van der Waals surface area contributed by atoms with Crippen LogP contribution in [0.2, 0.25) is 0 Å². The zero-order chi connectivity index (χ0) is 17.4. The molecule has 0 saturated carbocycles. The molecule has 1 N–H and O–H groups in total. The van der Waals surface area contributed by atoms with Gasteiger partial charge in [-0.15, -0.1) is 0 Å². The van der Waals surface area contributed by atoms with E-state index in [0.717, 1.165) is 10.0 Å². The van der Waals surface area contributed by atoms with Crippen LogP contribution in [-0.4, -0.2) is 40.0 Å². The first-order valence-electron chi connectivity index (χ1n) is 7.58. The van der Waals surface area contributed by atoms with Crippen LogP contribution in [-0.2, 0) is 4.79 Å². The number of halogens is 1. The highest BCUT2D eigenvalue weighted by Crippen LogP contribution is 2.34. The predicted molar refractivity (Wildman–Crippen MR) is 89.9 cm³/mol. The first-order valence-corrected chi connectivity index (χ1v) is 8.37. The van der Waals surface area contributed by atoms with Crippen molar-refractivity contribution < 1.29 is 19.1 Å². The van der Waals surface area contributed by atoms with Gasteiger partial charge in [-0.05, 0) is 24.6 Å². The number of nitrogens with zero attached hydrogens (tertiary/aromatic N) is 2. The Hall–Kier alpha value is -2.15. The predicted octanol–water partition coefficient (Wildman–Crippen LogP) is 2.99. The Morgan fingerprint density at radius 2 is 1.92 bits per heavy atom. The van der Waals surface area contributed by atoms with Crippen LogP contribution in [0.5, 0.6) is 0 Å². The molecule has 24 heavy (non-hydrogen) atoms. The molecule has 3 rings (SSSR count). The van der Waals surface area contributed by atoms with Gasteiger partial charge in [0, 0.05) is 30.4 Å². The summed E-state index contributed by atoms with van der Waals surface area (Å²) in [6, 6.07) is 7.54. The second kappa shape index (κ2) is 6.39. The number of amides is 1. The van der Waals surface area contributed by atoms with Gasteiger partial charge in [-0.3, -0.25) is 9.59 Å². The molecule has 0 unspecified atom stereocenters. The summed E-state index contributed by atoms with van der Waals surface area (Å²) in [4.78, 5) is 30.0. The van der Waals surface area contributed by atoms with Crippen LogP contribution >= 0.6 is 15.9 Å². The maximum Gasteiger partial charge on any atom is 0.308 e.